The van der Waals surface area contributed by atoms with E-state index in [0.717, 1.165) is 0 Å². The summed E-state index contributed by atoms with van der Waals surface area (Å²) in [5.41, 5.74) is -0.851. The second-order valence-electron chi connectivity index (χ2n) is 2.91. The van der Waals surface area contributed by atoms with Crippen molar-refractivity contribution in [3.05, 3.63) is 0 Å². The number of rotatable bonds is 2. The van der Waals surface area contributed by atoms with Crippen LogP contribution in [-0.2, 0) is 4.79 Å². The molecule has 0 heterocycles. The Morgan fingerprint density at radius 2 is 1.80 bits per heavy atom. The molecular weight excluding hydrogens is 140 g/mol. The molecule has 0 aromatic carbocycles. The maximum absolute atomic E-state index is 11.9. The van der Waals surface area contributed by atoms with Gasteiger partial charge in [0, 0.05) is 5.54 Å². The number of hydrogen-bond donors (Lipinski definition) is 0. The molecule has 0 unspecified atom stereocenters. The molecule has 1 amide bonds. The fourth-order valence-corrected chi connectivity index (χ4v) is 0.470. The number of carbonyl (C=O) groups excluding carboxylic acids is 1. The minimum absolute atomic E-state index is 0.340. The Morgan fingerprint density at radius 1 is 1.40 bits per heavy atom. The lowest BCUT2D eigenvalue weighted by atomic mass is 10.1. The van der Waals surface area contributed by atoms with Crippen LogP contribution in [0, 0.1) is 0 Å². The average molecular weight is 150 g/mol. The van der Waals surface area contributed by atoms with Crippen molar-refractivity contribution in [2.24, 2.45) is 0 Å². The molecule has 0 aromatic rings. The summed E-state index contributed by atoms with van der Waals surface area (Å²) in [6.45, 7) is 1.79. The van der Waals surface area contributed by atoms with E-state index in [1.807, 2.05) is 0 Å². The zero-order valence-electron chi connectivity index (χ0n) is 6.19. The topological polar surface area (TPSA) is 20.3 Å². The summed E-state index contributed by atoms with van der Waals surface area (Å²) >= 11 is 0. The molecule has 59 valence electrons. The Hall–Kier alpha value is -0.670. The monoisotopic (exact) mass is 150 g/mol. The van der Waals surface area contributed by atoms with Gasteiger partial charge in [0.2, 0.25) is 0 Å². The van der Waals surface area contributed by atoms with Crippen molar-refractivity contribution in [3.8, 4) is 0 Å². The molecule has 0 rings (SSSR count). The van der Waals surface area contributed by atoms with E-state index in [-0.39, 0.29) is 0 Å². The van der Waals surface area contributed by atoms with Gasteiger partial charge in [-0.2, -0.15) is 8.78 Å². The molecular formula is C6H10F2NO. The van der Waals surface area contributed by atoms with Gasteiger partial charge in [-0.1, -0.05) is 0 Å². The van der Waals surface area contributed by atoms with Gasteiger partial charge < -0.3 is 0 Å². The Bertz CT molecular complexity index is 119. The quantitative estimate of drug-likeness (QED) is 0.430. The first-order chi connectivity index (χ1) is 4.39. The molecule has 0 atom stereocenters. The highest BCUT2D eigenvalue weighted by Gasteiger charge is 2.27. The van der Waals surface area contributed by atoms with Crippen LogP contribution in [0.25, 0.3) is 0 Å². The third kappa shape index (κ3) is 2.29. The molecule has 2 nitrogen and oxygen atoms in total. The van der Waals surface area contributed by atoms with Crippen molar-refractivity contribution in [1.29, 1.82) is 0 Å². The SMILES string of the molecule is CC(C)(C)N([C]=O)C(F)F. The molecule has 0 aromatic heterocycles. The van der Waals surface area contributed by atoms with Crippen LogP contribution < -0.4 is 0 Å². The highest BCUT2D eigenvalue weighted by Crippen LogP contribution is 2.15. The first-order valence-corrected chi connectivity index (χ1v) is 2.85. The fraction of sp³-hybridized carbons (Fsp3) is 0.833. The summed E-state index contributed by atoms with van der Waals surface area (Å²) in [5.74, 6) is 0. The molecule has 0 bridgehead atoms. The molecule has 0 aliphatic heterocycles. The lowest BCUT2D eigenvalue weighted by Gasteiger charge is -2.29. The number of alkyl halides is 2. The number of amides is 1. The van der Waals surface area contributed by atoms with Gasteiger partial charge in [-0.3, -0.25) is 9.69 Å². The molecule has 0 aliphatic carbocycles. The molecule has 0 saturated heterocycles. The Morgan fingerprint density at radius 3 is 1.80 bits per heavy atom. The lowest BCUT2D eigenvalue weighted by molar-refractivity contribution is -0.0264. The second-order valence-corrected chi connectivity index (χ2v) is 2.91. The van der Waals surface area contributed by atoms with Crippen LogP contribution in [0.5, 0.6) is 0 Å². The van der Waals surface area contributed by atoms with Crippen LogP contribution in [0.1, 0.15) is 20.8 Å². The molecule has 0 fully saturated rings. The maximum atomic E-state index is 11.9. The zero-order chi connectivity index (χ0) is 8.36. The molecule has 0 saturated carbocycles. The van der Waals surface area contributed by atoms with Crippen molar-refractivity contribution in [1.82, 2.24) is 4.90 Å². The average Bonchev–Trinajstić information content (AvgIpc) is 1.60. The summed E-state index contributed by atoms with van der Waals surface area (Å²) in [7, 11) is 0. The zero-order valence-corrected chi connectivity index (χ0v) is 6.19. The van der Waals surface area contributed by atoms with Gasteiger partial charge in [0.25, 0.3) is 0 Å². The van der Waals surface area contributed by atoms with E-state index in [1.165, 1.54) is 27.2 Å². The molecule has 1 radical (unpaired) electrons. The summed E-state index contributed by atoms with van der Waals surface area (Å²) in [5, 5.41) is 0. The molecule has 0 N–H and O–H groups in total. The van der Waals surface area contributed by atoms with Gasteiger partial charge in [-0.25, -0.2) is 0 Å². The van der Waals surface area contributed by atoms with Crippen molar-refractivity contribution < 1.29 is 13.6 Å². The van der Waals surface area contributed by atoms with Crippen LogP contribution in [0.3, 0.4) is 0 Å². The Labute approximate surface area is 58.8 Å². The smallest absolute Gasteiger partial charge is 0.273 e. The van der Waals surface area contributed by atoms with E-state index >= 15 is 0 Å². The second kappa shape index (κ2) is 2.94. The van der Waals surface area contributed by atoms with Crippen molar-refractivity contribution in [2.45, 2.75) is 32.9 Å². The highest BCUT2D eigenvalue weighted by molar-refractivity contribution is 5.49. The third-order valence-corrected chi connectivity index (χ3v) is 1.02. The normalized spacial score (nSPS) is 11.8. The van der Waals surface area contributed by atoms with Crippen LogP contribution in [-0.4, -0.2) is 23.4 Å². The van der Waals surface area contributed by atoms with Gasteiger partial charge in [0.15, 0.2) is 0 Å². The summed E-state index contributed by atoms with van der Waals surface area (Å²) in [4.78, 5) is 10.3. The standard InChI is InChI=1S/C6H10F2NO/c1-6(2,3)9(4-10)5(7)8/h5H,1-3H3. The lowest BCUT2D eigenvalue weighted by Crippen LogP contribution is -2.43. The van der Waals surface area contributed by atoms with Gasteiger partial charge >= 0.3 is 13.0 Å². The van der Waals surface area contributed by atoms with Crippen molar-refractivity contribution >= 4 is 6.41 Å². The number of hydrogen-bond acceptors (Lipinski definition) is 1. The minimum atomic E-state index is -2.77. The van der Waals surface area contributed by atoms with E-state index in [9.17, 15) is 13.6 Å². The number of halogens is 2. The predicted octanol–water partition coefficient (Wildman–Crippen LogP) is 1.38. The summed E-state index contributed by atoms with van der Waals surface area (Å²) in [6.07, 6.45) is 1.17. The van der Waals surface area contributed by atoms with Gasteiger partial charge in [0.1, 0.15) is 0 Å². The van der Waals surface area contributed by atoms with Gasteiger partial charge in [0.05, 0.1) is 0 Å². The van der Waals surface area contributed by atoms with E-state index in [0.29, 0.717) is 4.90 Å². The van der Waals surface area contributed by atoms with Gasteiger partial charge in [-0.05, 0) is 20.8 Å². The highest BCUT2D eigenvalue weighted by atomic mass is 19.3. The first kappa shape index (κ1) is 9.33. The van der Waals surface area contributed by atoms with Crippen LogP contribution in [0.15, 0.2) is 0 Å². The fourth-order valence-electron chi connectivity index (χ4n) is 0.470. The van der Waals surface area contributed by atoms with E-state index in [2.05, 4.69) is 0 Å². The minimum Gasteiger partial charge on any atom is -0.273 e. The van der Waals surface area contributed by atoms with E-state index < -0.39 is 12.1 Å². The predicted molar refractivity (Wildman–Crippen MR) is 33.3 cm³/mol. The number of nitrogens with zero attached hydrogens (tertiary/aromatic N) is 1. The maximum Gasteiger partial charge on any atom is 0.318 e. The summed E-state index contributed by atoms with van der Waals surface area (Å²) < 4.78 is 23.7. The van der Waals surface area contributed by atoms with Crippen LogP contribution in [0.4, 0.5) is 8.78 Å². The summed E-state index contributed by atoms with van der Waals surface area (Å²) in [6, 6.07) is 0. The molecule has 0 aliphatic rings. The third-order valence-electron chi connectivity index (χ3n) is 1.02. The first-order valence-electron chi connectivity index (χ1n) is 2.85. The Balaban J connectivity index is 4.21. The van der Waals surface area contributed by atoms with Crippen LogP contribution >= 0.6 is 0 Å². The van der Waals surface area contributed by atoms with Gasteiger partial charge in [-0.15, -0.1) is 0 Å². The largest absolute Gasteiger partial charge is 0.318 e. The van der Waals surface area contributed by atoms with E-state index in [4.69, 9.17) is 0 Å². The van der Waals surface area contributed by atoms with Crippen molar-refractivity contribution in [2.75, 3.05) is 0 Å². The molecule has 4 heteroatoms. The Kier molecular flexibility index (Phi) is 2.75. The van der Waals surface area contributed by atoms with Crippen molar-refractivity contribution in [3.63, 3.8) is 0 Å². The molecule has 10 heavy (non-hydrogen) atoms. The molecule has 0 spiro atoms. The van der Waals surface area contributed by atoms with Crippen LogP contribution in [0.2, 0.25) is 0 Å². The van der Waals surface area contributed by atoms with E-state index in [1.54, 1.807) is 0 Å².